The molecule has 2 aromatic rings. The summed E-state index contributed by atoms with van der Waals surface area (Å²) in [4.78, 5) is 4.11. The summed E-state index contributed by atoms with van der Waals surface area (Å²) >= 11 is 0. The van der Waals surface area contributed by atoms with Crippen LogP contribution in [-0.4, -0.2) is 10.1 Å². The minimum Gasteiger partial charge on any atom is -0.439 e. The first-order valence-corrected chi connectivity index (χ1v) is 8.39. The second kappa shape index (κ2) is 8.85. The fourth-order valence-corrected chi connectivity index (χ4v) is 2.41. The van der Waals surface area contributed by atoms with Crippen molar-refractivity contribution >= 4 is 0 Å². The van der Waals surface area contributed by atoms with Crippen LogP contribution >= 0.6 is 0 Å². The number of hydrogen-bond acceptors (Lipinski definition) is 3. The molecule has 1 N–H and O–H groups in total. The first-order valence-electron chi connectivity index (χ1n) is 8.39. The van der Waals surface area contributed by atoms with Gasteiger partial charge in [-0.2, -0.15) is 13.2 Å². The number of hydrogen-bond donors (Lipinski definition) is 1. The molecule has 0 aliphatic carbocycles. The Kier molecular flexibility index (Phi) is 6.82. The molecule has 0 saturated carbocycles. The molecular weight excluding hydrogens is 331 g/mol. The highest BCUT2D eigenvalue weighted by atomic mass is 19.4. The zero-order chi connectivity index (χ0) is 18.3. The Balaban J connectivity index is 1.91. The highest BCUT2D eigenvalue weighted by Gasteiger charge is 2.30. The zero-order valence-corrected chi connectivity index (χ0v) is 14.1. The number of ether oxygens (including phenoxy) is 1. The number of rotatable bonds is 8. The van der Waals surface area contributed by atoms with Gasteiger partial charge in [0, 0.05) is 12.3 Å². The summed E-state index contributed by atoms with van der Waals surface area (Å²) in [6.07, 6.45) is 1.63. The molecule has 0 amide bonds. The largest absolute Gasteiger partial charge is 0.439 e. The highest BCUT2D eigenvalue weighted by Crippen LogP contribution is 2.31. The summed E-state index contributed by atoms with van der Waals surface area (Å²) < 4.78 is 43.0. The van der Waals surface area contributed by atoms with Crippen molar-refractivity contribution < 1.29 is 23.0 Å². The molecule has 0 fully saturated rings. The Morgan fingerprint density at radius 3 is 2.32 bits per heavy atom. The molecule has 1 aromatic carbocycles. The van der Waals surface area contributed by atoms with Gasteiger partial charge in [0.25, 0.3) is 0 Å². The first-order chi connectivity index (χ1) is 11.9. The van der Waals surface area contributed by atoms with E-state index in [4.69, 9.17) is 4.74 Å². The van der Waals surface area contributed by atoms with E-state index in [1.165, 1.54) is 18.3 Å². The fourth-order valence-electron chi connectivity index (χ4n) is 2.41. The molecular formula is C19H22F3NO2. The second-order valence-electron chi connectivity index (χ2n) is 5.92. The monoisotopic (exact) mass is 353 g/mol. The number of aliphatic hydroxyl groups excluding tert-OH is 1. The van der Waals surface area contributed by atoms with E-state index in [1.54, 1.807) is 12.1 Å². The fraction of sp³-hybridized carbons (Fsp3) is 0.421. The van der Waals surface area contributed by atoms with Crippen LogP contribution in [0, 0.1) is 0 Å². The molecule has 1 aromatic heterocycles. The van der Waals surface area contributed by atoms with Crippen LogP contribution in [0.3, 0.4) is 0 Å². The van der Waals surface area contributed by atoms with Crippen molar-refractivity contribution in [1.29, 1.82) is 0 Å². The zero-order valence-electron chi connectivity index (χ0n) is 14.1. The second-order valence-corrected chi connectivity index (χ2v) is 5.92. The van der Waals surface area contributed by atoms with E-state index in [9.17, 15) is 18.3 Å². The topological polar surface area (TPSA) is 42.4 Å². The Labute approximate surface area is 145 Å². The van der Waals surface area contributed by atoms with Gasteiger partial charge in [-0.15, -0.1) is 0 Å². The number of unbranched alkanes of at least 4 members (excludes halogenated alkanes) is 3. The van der Waals surface area contributed by atoms with Gasteiger partial charge in [0.1, 0.15) is 5.75 Å². The SMILES string of the molecule is CCCCCCC(O)c1ccc(Oc2ccc(C(F)(F)F)cc2)nc1. The van der Waals surface area contributed by atoms with Gasteiger partial charge in [0.15, 0.2) is 0 Å². The van der Waals surface area contributed by atoms with Crippen LogP contribution in [-0.2, 0) is 6.18 Å². The Morgan fingerprint density at radius 1 is 1.04 bits per heavy atom. The number of pyridine rings is 1. The van der Waals surface area contributed by atoms with E-state index in [2.05, 4.69) is 11.9 Å². The minimum absolute atomic E-state index is 0.265. The van der Waals surface area contributed by atoms with E-state index < -0.39 is 17.8 Å². The third kappa shape index (κ3) is 6.05. The van der Waals surface area contributed by atoms with E-state index in [0.29, 0.717) is 12.0 Å². The van der Waals surface area contributed by atoms with E-state index >= 15 is 0 Å². The summed E-state index contributed by atoms with van der Waals surface area (Å²) in [6, 6.07) is 7.74. The first kappa shape index (κ1) is 19.2. The van der Waals surface area contributed by atoms with Crippen LogP contribution < -0.4 is 4.74 Å². The molecule has 3 nitrogen and oxygen atoms in total. The van der Waals surface area contributed by atoms with Gasteiger partial charge >= 0.3 is 6.18 Å². The summed E-state index contributed by atoms with van der Waals surface area (Å²) in [5.74, 6) is 0.537. The van der Waals surface area contributed by atoms with Crippen LogP contribution in [0.15, 0.2) is 42.6 Å². The van der Waals surface area contributed by atoms with Gasteiger partial charge in [0.2, 0.25) is 5.88 Å². The molecule has 0 aliphatic rings. The lowest BCUT2D eigenvalue weighted by atomic mass is 10.0. The maximum Gasteiger partial charge on any atom is 0.416 e. The maximum atomic E-state index is 12.5. The minimum atomic E-state index is -4.37. The van der Waals surface area contributed by atoms with Crippen molar-refractivity contribution in [3.05, 3.63) is 53.7 Å². The number of halogens is 3. The van der Waals surface area contributed by atoms with Gasteiger partial charge in [-0.3, -0.25) is 0 Å². The van der Waals surface area contributed by atoms with Crippen LogP contribution in [0.4, 0.5) is 13.2 Å². The number of nitrogens with zero attached hydrogens (tertiary/aromatic N) is 1. The van der Waals surface area contributed by atoms with Crippen molar-refractivity contribution in [3.63, 3.8) is 0 Å². The summed E-state index contributed by atoms with van der Waals surface area (Å²) in [5, 5.41) is 10.1. The summed E-state index contributed by atoms with van der Waals surface area (Å²) in [7, 11) is 0. The molecule has 136 valence electrons. The molecule has 0 saturated heterocycles. The van der Waals surface area contributed by atoms with E-state index in [1.807, 2.05) is 0 Å². The smallest absolute Gasteiger partial charge is 0.416 e. The average Bonchev–Trinajstić information content (AvgIpc) is 2.59. The van der Waals surface area contributed by atoms with Crippen LogP contribution in [0.1, 0.15) is 56.3 Å². The third-order valence-corrected chi connectivity index (χ3v) is 3.88. The van der Waals surface area contributed by atoms with Gasteiger partial charge < -0.3 is 9.84 Å². The molecule has 1 unspecified atom stereocenters. The molecule has 25 heavy (non-hydrogen) atoms. The molecule has 0 spiro atoms. The predicted molar refractivity (Wildman–Crippen MR) is 89.5 cm³/mol. The standard InChI is InChI=1S/C19H22F3NO2/c1-2-3-4-5-6-17(24)14-7-12-18(23-13-14)25-16-10-8-15(9-11-16)19(20,21)22/h7-13,17,24H,2-6H2,1H3. The van der Waals surface area contributed by atoms with Crippen molar-refractivity contribution in [3.8, 4) is 11.6 Å². The molecule has 0 bridgehead atoms. The molecule has 1 heterocycles. The van der Waals surface area contributed by atoms with Crippen LogP contribution in [0.25, 0.3) is 0 Å². The van der Waals surface area contributed by atoms with Gasteiger partial charge in [0.05, 0.1) is 11.7 Å². The van der Waals surface area contributed by atoms with E-state index in [0.717, 1.165) is 37.8 Å². The summed E-state index contributed by atoms with van der Waals surface area (Å²) in [5.41, 5.74) is -0.0226. The third-order valence-electron chi connectivity index (χ3n) is 3.88. The number of alkyl halides is 3. The van der Waals surface area contributed by atoms with E-state index in [-0.39, 0.29) is 11.6 Å². The van der Waals surface area contributed by atoms with Gasteiger partial charge in [-0.1, -0.05) is 32.6 Å². The van der Waals surface area contributed by atoms with Crippen molar-refractivity contribution in [2.75, 3.05) is 0 Å². The lowest BCUT2D eigenvalue weighted by Crippen LogP contribution is -2.04. The Morgan fingerprint density at radius 2 is 1.76 bits per heavy atom. The Hall–Kier alpha value is -2.08. The highest BCUT2D eigenvalue weighted by molar-refractivity contribution is 5.32. The molecule has 0 aliphatic heterocycles. The van der Waals surface area contributed by atoms with Crippen molar-refractivity contribution in [2.24, 2.45) is 0 Å². The van der Waals surface area contributed by atoms with Gasteiger partial charge in [-0.05, 0) is 42.3 Å². The number of aromatic nitrogens is 1. The molecule has 2 rings (SSSR count). The Bertz CT molecular complexity index is 639. The van der Waals surface area contributed by atoms with Gasteiger partial charge in [-0.25, -0.2) is 4.98 Å². The number of benzene rings is 1. The average molecular weight is 353 g/mol. The summed E-state index contributed by atoms with van der Waals surface area (Å²) in [6.45, 7) is 2.13. The van der Waals surface area contributed by atoms with Crippen LogP contribution in [0.5, 0.6) is 11.6 Å². The van der Waals surface area contributed by atoms with Crippen molar-refractivity contribution in [2.45, 2.75) is 51.3 Å². The normalized spacial score (nSPS) is 12.8. The maximum absolute atomic E-state index is 12.5. The molecule has 6 heteroatoms. The molecule has 0 radical (unpaired) electrons. The lowest BCUT2D eigenvalue weighted by Gasteiger charge is -2.12. The lowest BCUT2D eigenvalue weighted by molar-refractivity contribution is -0.137. The quantitative estimate of drug-likeness (QED) is 0.601. The van der Waals surface area contributed by atoms with Crippen molar-refractivity contribution in [1.82, 2.24) is 4.98 Å². The van der Waals surface area contributed by atoms with Crippen LogP contribution in [0.2, 0.25) is 0 Å². The number of aliphatic hydroxyl groups is 1. The molecule has 1 atom stereocenters. The predicted octanol–water partition coefficient (Wildman–Crippen LogP) is 5.90.